The largest absolute Gasteiger partial charge is 0.480 e. The van der Waals surface area contributed by atoms with E-state index in [1.807, 2.05) is 0 Å². The number of carboxylic acid groups (broad SMARTS) is 1. The summed E-state index contributed by atoms with van der Waals surface area (Å²) >= 11 is 0. The highest BCUT2D eigenvalue weighted by atomic mass is 16.5. The number of rotatable bonds is 7. The normalized spacial score (nSPS) is 17.0. The van der Waals surface area contributed by atoms with Gasteiger partial charge in [0.15, 0.2) is 5.82 Å². The van der Waals surface area contributed by atoms with Gasteiger partial charge in [-0.05, 0) is 26.7 Å². The Morgan fingerprint density at radius 1 is 1.19 bits per heavy atom. The number of carboxylic acids is 1. The maximum atomic E-state index is 12.0. The summed E-state index contributed by atoms with van der Waals surface area (Å²) in [5.41, 5.74) is -1.97. The van der Waals surface area contributed by atoms with Crippen molar-refractivity contribution >= 4 is 17.8 Å². The van der Waals surface area contributed by atoms with Crippen LogP contribution in [0.4, 0.5) is 0 Å². The van der Waals surface area contributed by atoms with E-state index in [4.69, 9.17) is 9.63 Å². The number of aliphatic carboxylic acids is 1. The first-order valence-corrected chi connectivity index (χ1v) is 9.31. The van der Waals surface area contributed by atoms with E-state index in [0.717, 1.165) is 38.5 Å². The first kappa shape index (κ1) is 20.9. The second-order valence-corrected chi connectivity index (χ2v) is 7.67. The van der Waals surface area contributed by atoms with E-state index in [1.165, 1.54) is 20.8 Å². The van der Waals surface area contributed by atoms with Crippen molar-refractivity contribution in [2.24, 2.45) is 0 Å². The molecule has 0 spiro atoms. The lowest BCUT2D eigenvalue weighted by Crippen LogP contribution is -2.49. The first-order chi connectivity index (χ1) is 12.6. The number of hydrogen-bond acceptors (Lipinski definition) is 6. The Hall–Kier alpha value is -2.45. The van der Waals surface area contributed by atoms with Crippen molar-refractivity contribution in [1.82, 2.24) is 20.8 Å². The predicted molar refractivity (Wildman–Crippen MR) is 95.7 cm³/mol. The average molecular weight is 380 g/mol. The van der Waals surface area contributed by atoms with Crippen LogP contribution in [0.5, 0.6) is 0 Å². The molecule has 9 heteroatoms. The highest BCUT2D eigenvalue weighted by Crippen LogP contribution is 2.34. The molecule has 1 aliphatic carbocycles. The molecule has 0 unspecified atom stereocenters. The molecule has 3 N–H and O–H groups in total. The first-order valence-electron chi connectivity index (χ1n) is 9.31. The molecule has 1 aromatic rings. The maximum Gasteiger partial charge on any atom is 0.328 e. The topological polar surface area (TPSA) is 134 Å². The third kappa shape index (κ3) is 5.51. The Bertz CT molecular complexity index is 690. The molecular formula is C18H28N4O5. The van der Waals surface area contributed by atoms with Gasteiger partial charge in [-0.1, -0.05) is 30.8 Å². The van der Waals surface area contributed by atoms with E-state index in [9.17, 15) is 14.4 Å². The molecular weight excluding hydrogens is 352 g/mol. The van der Waals surface area contributed by atoms with Crippen LogP contribution >= 0.6 is 0 Å². The minimum Gasteiger partial charge on any atom is -0.480 e. The van der Waals surface area contributed by atoms with Crippen LogP contribution in [-0.4, -0.2) is 38.6 Å². The van der Waals surface area contributed by atoms with Gasteiger partial charge in [-0.2, -0.15) is 4.98 Å². The molecule has 150 valence electrons. The van der Waals surface area contributed by atoms with Crippen LogP contribution in [0.1, 0.15) is 77.4 Å². The van der Waals surface area contributed by atoms with Crippen molar-refractivity contribution in [3.8, 4) is 0 Å². The van der Waals surface area contributed by atoms with Crippen molar-refractivity contribution in [2.45, 2.75) is 83.2 Å². The average Bonchev–Trinajstić information content (AvgIpc) is 2.93. The fraction of sp³-hybridized carbons (Fsp3) is 0.722. The van der Waals surface area contributed by atoms with Crippen molar-refractivity contribution in [1.29, 1.82) is 0 Å². The Morgan fingerprint density at radius 2 is 1.81 bits per heavy atom. The van der Waals surface area contributed by atoms with E-state index in [1.54, 1.807) is 0 Å². The summed E-state index contributed by atoms with van der Waals surface area (Å²) in [6.45, 7) is 4.31. The summed E-state index contributed by atoms with van der Waals surface area (Å²) in [6, 6.07) is 0. The molecule has 0 aliphatic heterocycles. The third-order valence-corrected chi connectivity index (χ3v) is 4.82. The van der Waals surface area contributed by atoms with Gasteiger partial charge >= 0.3 is 5.97 Å². The van der Waals surface area contributed by atoms with Crippen molar-refractivity contribution < 1.29 is 24.0 Å². The highest BCUT2D eigenvalue weighted by Gasteiger charge is 2.38. The molecule has 1 aliphatic rings. The molecule has 0 atom stereocenters. The Kier molecular flexibility index (Phi) is 6.56. The fourth-order valence-electron chi connectivity index (χ4n) is 3.31. The van der Waals surface area contributed by atoms with Crippen LogP contribution < -0.4 is 10.6 Å². The summed E-state index contributed by atoms with van der Waals surface area (Å²) in [7, 11) is 0. The number of nitrogens with zero attached hydrogens (tertiary/aromatic N) is 2. The van der Waals surface area contributed by atoms with Crippen LogP contribution in [-0.2, 0) is 26.3 Å². The summed E-state index contributed by atoms with van der Waals surface area (Å²) in [5, 5.41) is 18.6. The van der Waals surface area contributed by atoms with Gasteiger partial charge in [0.25, 0.3) is 0 Å². The smallest absolute Gasteiger partial charge is 0.328 e. The molecule has 0 radical (unpaired) electrons. The third-order valence-electron chi connectivity index (χ3n) is 4.82. The van der Waals surface area contributed by atoms with Crippen LogP contribution in [0.2, 0.25) is 0 Å². The number of amides is 2. The standard InChI is InChI=1S/C18H28N4O5/c1-12(23)20-18(10-6-4-5-7-11-18)15-19-14(27-22-15)9-8-13(24)21-17(2,3)16(25)26/h4-11H2,1-3H3,(H,20,23)(H,21,24)(H,25,26). The fourth-order valence-corrected chi connectivity index (χ4v) is 3.31. The van der Waals surface area contributed by atoms with E-state index < -0.39 is 23.0 Å². The Balaban J connectivity index is 2.04. The van der Waals surface area contributed by atoms with E-state index in [0.29, 0.717) is 11.7 Å². The van der Waals surface area contributed by atoms with Gasteiger partial charge in [0.2, 0.25) is 17.7 Å². The van der Waals surface area contributed by atoms with Crippen LogP contribution in [0.25, 0.3) is 0 Å². The number of carbonyl (C=O) groups is 3. The summed E-state index contributed by atoms with van der Waals surface area (Å²) in [6.07, 6.45) is 5.87. The molecule has 9 nitrogen and oxygen atoms in total. The summed E-state index contributed by atoms with van der Waals surface area (Å²) < 4.78 is 5.28. The van der Waals surface area contributed by atoms with Crippen LogP contribution in [0, 0.1) is 0 Å². The van der Waals surface area contributed by atoms with Gasteiger partial charge in [0.05, 0.1) is 0 Å². The number of aryl methyl sites for hydroxylation is 1. The monoisotopic (exact) mass is 380 g/mol. The Labute approximate surface area is 158 Å². The van der Waals surface area contributed by atoms with Gasteiger partial charge in [-0.3, -0.25) is 9.59 Å². The molecule has 27 heavy (non-hydrogen) atoms. The SMILES string of the molecule is CC(=O)NC1(c2noc(CCC(=O)NC(C)(C)C(=O)O)n2)CCCCCC1. The van der Waals surface area contributed by atoms with E-state index >= 15 is 0 Å². The quantitative estimate of drug-likeness (QED) is 0.612. The van der Waals surface area contributed by atoms with Crippen LogP contribution in [0.3, 0.4) is 0 Å². The Morgan fingerprint density at radius 3 is 2.37 bits per heavy atom. The van der Waals surface area contributed by atoms with Crippen molar-refractivity contribution in [3.63, 3.8) is 0 Å². The zero-order valence-corrected chi connectivity index (χ0v) is 16.1. The number of carbonyl (C=O) groups excluding carboxylic acids is 2. The zero-order chi connectivity index (χ0) is 20.1. The number of nitrogens with one attached hydrogen (secondary N) is 2. The molecule has 0 bridgehead atoms. The lowest BCUT2D eigenvalue weighted by atomic mass is 9.89. The summed E-state index contributed by atoms with van der Waals surface area (Å²) in [4.78, 5) is 39.2. The zero-order valence-electron chi connectivity index (χ0n) is 16.1. The van der Waals surface area contributed by atoms with Crippen molar-refractivity contribution in [2.75, 3.05) is 0 Å². The van der Waals surface area contributed by atoms with Gasteiger partial charge in [0.1, 0.15) is 11.1 Å². The summed E-state index contributed by atoms with van der Waals surface area (Å²) in [5.74, 6) is -0.920. The number of aromatic nitrogens is 2. The lowest BCUT2D eigenvalue weighted by Gasteiger charge is -2.30. The van der Waals surface area contributed by atoms with Gasteiger partial charge in [-0.25, -0.2) is 4.79 Å². The van der Waals surface area contributed by atoms with Gasteiger partial charge in [-0.15, -0.1) is 0 Å². The van der Waals surface area contributed by atoms with Crippen LogP contribution in [0.15, 0.2) is 4.52 Å². The number of hydrogen-bond donors (Lipinski definition) is 3. The molecule has 1 fully saturated rings. The molecule has 1 heterocycles. The van der Waals surface area contributed by atoms with Gasteiger partial charge < -0.3 is 20.3 Å². The molecule has 2 amide bonds. The van der Waals surface area contributed by atoms with Gasteiger partial charge in [0, 0.05) is 19.8 Å². The second kappa shape index (κ2) is 8.49. The minimum atomic E-state index is -1.34. The lowest BCUT2D eigenvalue weighted by molar-refractivity contribution is -0.146. The van der Waals surface area contributed by atoms with E-state index in [-0.39, 0.29) is 18.7 Å². The predicted octanol–water partition coefficient (Wildman–Crippen LogP) is 1.67. The molecule has 1 aromatic heterocycles. The second-order valence-electron chi connectivity index (χ2n) is 7.67. The van der Waals surface area contributed by atoms with E-state index in [2.05, 4.69) is 20.8 Å². The minimum absolute atomic E-state index is 0.0332. The molecule has 1 saturated carbocycles. The van der Waals surface area contributed by atoms with Crippen molar-refractivity contribution in [3.05, 3.63) is 11.7 Å². The molecule has 0 aromatic carbocycles. The molecule has 0 saturated heterocycles. The highest BCUT2D eigenvalue weighted by molar-refractivity contribution is 5.86. The maximum absolute atomic E-state index is 12.0. The molecule has 2 rings (SSSR count).